The molecule has 0 heterocycles. The van der Waals surface area contributed by atoms with Crippen LogP contribution in [-0.2, 0) is 14.3 Å². The molecule has 2 N–H and O–H groups in total. The van der Waals surface area contributed by atoms with Gasteiger partial charge in [0, 0.05) is 6.54 Å². The lowest BCUT2D eigenvalue weighted by Gasteiger charge is -2.20. The van der Waals surface area contributed by atoms with Crippen LogP contribution in [0.4, 0.5) is 0 Å². The summed E-state index contributed by atoms with van der Waals surface area (Å²) in [6.45, 7) is 9.59. The second-order valence-corrected chi connectivity index (χ2v) is 4.58. The Kier molecular flexibility index (Phi) is 6.03. The highest BCUT2D eigenvalue weighted by Crippen LogP contribution is 2.05. The zero-order valence-electron chi connectivity index (χ0n) is 10.7. The Morgan fingerprint density at radius 1 is 1.31 bits per heavy atom. The van der Waals surface area contributed by atoms with Gasteiger partial charge in [-0.3, -0.25) is 9.59 Å². The van der Waals surface area contributed by atoms with Gasteiger partial charge in [0.15, 0.2) is 0 Å². The van der Waals surface area contributed by atoms with Gasteiger partial charge in [0.05, 0.1) is 5.60 Å². The van der Waals surface area contributed by atoms with E-state index in [1.807, 2.05) is 27.7 Å². The molecule has 0 rings (SSSR count). The van der Waals surface area contributed by atoms with Gasteiger partial charge in [-0.15, -0.1) is 0 Å². The average Bonchev–Trinajstić information content (AvgIpc) is 2.14. The summed E-state index contributed by atoms with van der Waals surface area (Å²) in [5, 5.41) is 5.19. The van der Waals surface area contributed by atoms with Crippen molar-refractivity contribution in [3.05, 3.63) is 0 Å². The average molecular weight is 230 g/mol. The van der Waals surface area contributed by atoms with Crippen molar-refractivity contribution in [2.45, 2.75) is 46.3 Å². The van der Waals surface area contributed by atoms with Crippen molar-refractivity contribution in [2.75, 3.05) is 13.2 Å². The van der Waals surface area contributed by atoms with E-state index in [4.69, 9.17) is 4.74 Å². The number of ether oxygens (including phenoxy) is 1. The Labute approximate surface area is 96.9 Å². The molecule has 0 aliphatic rings. The van der Waals surface area contributed by atoms with Gasteiger partial charge in [0.2, 0.25) is 11.8 Å². The molecule has 0 aromatic rings. The van der Waals surface area contributed by atoms with Gasteiger partial charge < -0.3 is 15.4 Å². The van der Waals surface area contributed by atoms with E-state index >= 15 is 0 Å². The number of hydrogen-bond acceptors (Lipinski definition) is 3. The normalized spacial score (nSPS) is 13.1. The van der Waals surface area contributed by atoms with Crippen LogP contribution >= 0.6 is 0 Å². The molecule has 0 aromatic carbocycles. The van der Waals surface area contributed by atoms with Crippen LogP contribution in [0.5, 0.6) is 0 Å². The highest BCUT2D eigenvalue weighted by molar-refractivity contribution is 5.87. The Balaban J connectivity index is 3.92. The van der Waals surface area contributed by atoms with E-state index in [9.17, 15) is 9.59 Å². The Bertz CT molecular complexity index is 246. The van der Waals surface area contributed by atoms with Crippen LogP contribution in [-0.4, -0.2) is 36.6 Å². The largest absolute Gasteiger partial charge is 0.366 e. The lowest BCUT2D eigenvalue weighted by Crippen LogP contribution is -2.46. The predicted octanol–water partition coefficient (Wildman–Crippen LogP) is 0.442. The third kappa shape index (κ3) is 7.23. The van der Waals surface area contributed by atoms with Gasteiger partial charge in [-0.05, 0) is 34.6 Å². The predicted molar refractivity (Wildman–Crippen MR) is 62.0 cm³/mol. The Hall–Kier alpha value is -1.10. The van der Waals surface area contributed by atoms with Crippen molar-refractivity contribution in [3.63, 3.8) is 0 Å². The second-order valence-electron chi connectivity index (χ2n) is 4.58. The highest BCUT2D eigenvalue weighted by atomic mass is 16.5. The van der Waals surface area contributed by atoms with Crippen LogP contribution < -0.4 is 10.6 Å². The fourth-order valence-electron chi connectivity index (χ4n) is 0.958. The number of amides is 2. The van der Waals surface area contributed by atoms with Gasteiger partial charge in [0.1, 0.15) is 12.6 Å². The molecule has 0 aliphatic heterocycles. The summed E-state index contributed by atoms with van der Waals surface area (Å²) in [6, 6.07) is -0.531. The molecule has 0 radical (unpaired) electrons. The monoisotopic (exact) mass is 230 g/mol. The smallest absolute Gasteiger partial charge is 0.246 e. The minimum Gasteiger partial charge on any atom is -0.366 e. The fraction of sp³-hybridized carbons (Fsp3) is 0.818. The molecule has 0 bridgehead atoms. The van der Waals surface area contributed by atoms with Crippen molar-refractivity contribution >= 4 is 11.8 Å². The molecule has 0 aliphatic carbocycles. The summed E-state index contributed by atoms with van der Waals surface area (Å²) in [4.78, 5) is 22.7. The van der Waals surface area contributed by atoms with E-state index in [0.29, 0.717) is 6.54 Å². The van der Waals surface area contributed by atoms with E-state index in [1.165, 1.54) is 0 Å². The van der Waals surface area contributed by atoms with Crippen molar-refractivity contribution < 1.29 is 14.3 Å². The van der Waals surface area contributed by atoms with Crippen LogP contribution in [0.2, 0.25) is 0 Å². The van der Waals surface area contributed by atoms with Crippen molar-refractivity contribution in [2.24, 2.45) is 0 Å². The topological polar surface area (TPSA) is 67.4 Å². The molecule has 5 heteroatoms. The lowest BCUT2D eigenvalue weighted by atomic mass is 10.2. The van der Waals surface area contributed by atoms with E-state index in [1.54, 1.807) is 6.92 Å². The molecule has 1 atom stereocenters. The Morgan fingerprint density at radius 3 is 2.31 bits per heavy atom. The highest BCUT2D eigenvalue weighted by Gasteiger charge is 2.17. The van der Waals surface area contributed by atoms with Crippen LogP contribution in [0.25, 0.3) is 0 Å². The van der Waals surface area contributed by atoms with E-state index in [2.05, 4.69) is 10.6 Å². The van der Waals surface area contributed by atoms with E-state index in [-0.39, 0.29) is 24.0 Å². The summed E-state index contributed by atoms with van der Waals surface area (Å²) in [6.07, 6.45) is 0. The first kappa shape index (κ1) is 14.9. The number of rotatable bonds is 5. The first-order chi connectivity index (χ1) is 7.26. The zero-order valence-corrected chi connectivity index (χ0v) is 10.7. The number of carbonyl (C=O) groups excluding carboxylic acids is 2. The first-order valence-corrected chi connectivity index (χ1v) is 5.47. The number of carbonyl (C=O) groups is 2. The van der Waals surface area contributed by atoms with Gasteiger partial charge in [0.25, 0.3) is 0 Å². The molecule has 1 unspecified atom stereocenters. The molecule has 2 amide bonds. The summed E-state index contributed by atoms with van der Waals surface area (Å²) in [7, 11) is 0. The molecular formula is C11H22N2O3. The molecular weight excluding hydrogens is 208 g/mol. The van der Waals surface area contributed by atoms with Crippen molar-refractivity contribution in [1.29, 1.82) is 0 Å². The first-order valence-electron chi connectivity index (χ1n) is 5.47. The van der Waals surface area contributed by atoms with E-state index in [0.717, 1.165) is 0 Å². The summed E-state index contributed by atoms with van der Waals surface area (Å²) in [5.74, 6) is -0.472. The fourth-order valence-corrected chi connectivity index (χ4v) is 0.958. The molecule has 0 fully saturated rings. The maximum absolute atomic E-state index is 11.4. The molecule has 0 saturated heterocycles. The van der Waals surface area contributed by atoms with Crippen LogP contribution in [0.1, 0.15) is 34.6 Å². The van der Waals surface area contributed by atoms with Gasteiger partial charge >= 0.3 is 0 Å². The molecule has 16 heavy (non-hydrogen) atoms. The third-order valence-electron chi connectivity index (χ3n) is 1.76. The number of likely N-dealkylation sites (N-methyl/N-ethyl adjacent to an activating group) is 1. The van der Waals surface area contributed by atoms with Gasteiger partial charge in [-0.1, -0.05) is 0 Å². The lowest BCUT2D eigenvalue weighted by molar-refractivity contribution is -0.134. The zero-order chi connectivity index (χ0) is 12.8. The van der Waals surface area contributed by atoms with Crippen molar-refractivity contribution in [1.82, 2.24) is 10.6 Å². The third-order valence-corrected chi connectivity index (χ3v) is 1.76. The summed E-state index contributed by atoms with van der Waals surface area (Å²) < 4.78 is 5.29. The molecule has 94 valence electrons. The minimum absolute atomic E-state index is 0.0345. The molecule has 0 aromatic heterocycles. The maximum atomic E-state index is 11.4. The standard InChI is InChI=1S/C11H22N2O3/c1-6-12-10(15)8(2)13-9(14)7-16-11(3,4)5/h8H,6-7H2,1-5H3,(H,12,15)(H,13,14). The van der Waals surface area contributed by atoms with Crippen LogP contribution in [0.15, 0.2) is 0 Å². The number of hydrogen-bond donors (Lipinski definition) is 2. The van der Waals surface area contributed by atoms with Gasteiger partial charge in [-0.25, -0.2) is 0 Å². The SMILES string of the molecule is CCNC(=O)C(C)NC(=O)COC(C)(C)C. The van der Waals surface area contributed by atoms with Crippen LogP contribution in [0, 0.1) is 0 Å². The second kappa shape index (κ2) is 6.48. The van der Waals surface area contributed by atoms with E-state index < -0.39 is 6.04 Å². The summed E-state index contributed by atoms with van der Waals surface area (Å²) in [5.41, 5.74) is -0.355. The van der Waals surface area contributed by atoms with Crippen LogP contribution in [0.3, 0.4) is 0 Å². The Morgan fingerprint density at radius 2 is 1.88 bits per heavy atom. The summed E-state index contributed by atoms with van der Waals surface area (Å²) >= 11 is 0. The van der Waals surface area contributed by atoms with Crippen molar-refractivity contribution in [3.8, 4) is 0 Å². The molecule has 5 nitrogen and oxygen atoms in total. The minimum atomic E-state index is -0.531. The van der Waals surface area contributed by atoms with Gasteiger partial charge in [-0.2, -0.15) is 0 Å². The molecule has 0 spiro atoms. The quantitative estimate of drug-likeness (QED) is 0.720. The molecule has 0 saturated carbocycles. The number of nitrogens with one attached hydrogen (secondary N) is 2. The maximum Gasteiger partial charge on any atom is 0.246 e.